The summed E-state index contributed by atoms with van der Waals surface area (Å²) >= 11 is 0. The number of ether oxygens (including phenoxy) is 3. The fourth-order valence-electron chi connectivity index (χ4n) is 7.59. The summed E-state index contributed by atoms with van der Waals surface area (Å²) in [7, 11) is 3.75. The number of aryl methyl sites for hydroxylation is 1. The first-order chi connectivity index (χ1) is 22.6. The maximum atomic E-state index is 13.0. The SMILES string of the molecule is C.C.C.C.C.[CH2-]CCCSSC([CH2-])(C)C.[CH2-]COc1ccc2c(c1)CCC1C2CCC2(C)C(OCCCOC(C(F)(F)F)(C(F)(F)F)C(F)(F)F)CCC12.[CH3-].[CH3-].[U+2].[W]. The van der Waals surface area contributed by atoms with E-state index in [0.29, 0.717) is 30.8 Å². The second kappa shape index (κ2) is 30.0. The van der Waals surface area contributed by atoms with Gasteiger partial charge >= 0.3 is 55.2 Å². The molecule has 348 valence electrons. The number of hydrogen-bond acceptors (Lipinski definition) is 5. The van der Waals surface area contributed by atoms with Gasteiger partial charge < -0.3 is 49.8 Å². The van der Waals surface area contributed by atoms with E-state index in [0.717, 1.165) is 44.3 Å². The molecule has 5 unspecified atom stereocenters. The molecule has 0 N–H and O–H groups in total. The molecule has 0 amide bonds. The molecule has 0 heterocycles. The van der Waals surface area contributed by atoms with Gasteiger partial charge in [0.05, 0.1) is 12.7 Å². The Balaban J connectivity index is -0.000000245. The molecule has 2 fully saturated rings. The fourth-order valence-corrected chi connectivity index (χ4v) is 9.88. The Morgan fingerprint density at radius 3 is 1.84 bits per heavy atom. The predicted molar refractivity (Wildman–Crippen MR) is 224 cm³/mol. The van der Waals surface area contributed by atoms with E-state index in [9.17, 15) is 39.5 Å². The topological polar surface area (TPSA) is 27.7 Å². The van der Waals surface area contributed by atoms with Crippen molar-refractivity contribution in [1.82, 2.24) is 0 Å². The van der Waals surface area contributed by atoms with Crippen molar-refractivity contribution in [2.75, 3.05) is 25.6 Å². The van der Waals surface area contributed by atoms with Crippen LogP contribution in [0.1, 0.15) is 126 Å². The van der Waals surface area contributed by atoms with Gasteiger partial charge in [-0.25, -0.2) is 0 Å². The molecule has 1 aromatic carbocycles. The van der Waals surface area contributed by atoms with E-state index in [1.54, 1.807) is 0 Å². The largest absolute Gasteiger partial charge is 2.00 e. The van der Waals surface area contributed by atoms with E-state index in [4.69, 9.17) is 9.47 Å². The minimum atomic E-state index is -6.73. The number of unbranched alkanes of at least 4 members (excludes halogenated alkanes) is 1. The quantitative estimate of drug-likeness (QED) is 0.0849. The Hall–Kier alpha value is 0.750. The summed E-state index contributed by atoms with van der Waals surface area (Å²) < 4.78 is 132. The molecule has 0 aromatic heterocycles. The Morgan fingerprint density at radius 1 is 0.810 bits per heavy atom. The Kier molecular flexibility index (Phi) is 37.8. The molecule has 58 heavy (non-hydrogen) atoms. The number of alkyl halides is 9. The number of fused-ring (bicyclic) bond motifs is 5. The van der Waals surface area contributed by atoms with Crippen LogP contribution in [0.5, 0.6) is 5.75 Å². The molecule has 1 aromatic rings. The molecule has 0 radical (unpaired) electrons. The normalized spacial score (nSPS) is 21.9. The first-order valence-electron chi connectivity index (χ1n) is 16.6. The summed E-state index contributed by atoms with van der Waals surface area (Å²) in [6, 6.07) is 6.14. The van der Waals surface area contributed by atoms with E-state index in [1.165, 1.54) is 23.3 Å². The van der Waals surface area contributed by atoms with Crippen molar-refractivity contribution in [2.24, 2.45) is 17.3 Å². The third-order valence-corrected chi connectivity index (χ3v) is 13.0. The minimum Gasteiger partial charge on any atom is -0.525 e. The summed E-state index contributed by atoms with van der Waals surface area (Å²) in [6.07, 6.45) is -13.6. The van der Waals surface area contributed by atoms with Crippen LogP contribution in [-0.2, 0) is 37.0 Å². The second-order valence-corrected chi connectivity index (χ2v) is 17.0. The van der Waals surface area contributed by atoms with Crippen LogP contribution in [0.3, 0.4) is 0 Å². The van der Waals surface area contributed by atoms with Gasteiger partial charge in [0.25, 0.3) is 0 Å². The Labute approximate surface area is 394 Å². The van der Waals surface area contributed by atoms with Gasteiger partial charge in [-0.15, -0.1) is 15.5 Å². The number of benzene rings is 1. The Bertz CT molecular complexity index is 1160. The van der Waals surface area contributed by atoms with Crippen LogP contribution < -0.4 is 4.74 Å². The molecule has 0 bridgehead atoms. The van der Waals surface area contributed by atoms with Crippen molar-refractivity contribution < 1.29 is 106 Å². The van der Waals surface area contributed by atoms with Gasteiger partial charge in [-0.3, -0.25) is 0 Å². The molecule has 16 heteroatoms. The molecule has 0 saturated heterocycles. The van der Waals surface area contributed by atoms with Crippen molar-refractivity contribution in [2.45, 2.75) is 157 Å². The van der Waals surface area contributed by atoms with Crippen molar-refractivity contribution >= 4 is 21.6 Å². The van der Waals surface area contributed by atoms with Crippen molar-refractivity contribution in [3.63, 3.8) is 0 Å². The summed E-state index contributed by atoms with van der Waals surface area (Å²) in [4.78, 5) is 0. The summed E-state index contributed by atoms with van der Waals surface area (Å²) in [5.74, 6) is 3.12. The van der Waals surface area contributed by atoms with Crippen LogP contribution in [0.2, 0.25) is 0 Å². The molecule has 3 aliphatic carbocycles. The molecule has 3 nitrogen and oxygen atoms in total. The van der Waals surface area contributed by atoms with Gasteiger partial charge in [0, 0.05) is 33.4 Å². The van der Waals surface area contributed by atoms with Crippen molar-refractivity contribution in [1.29, 1.82) is 0 Å². The van der Waals surface area contributed by atoms with Crippen LogP contribution in [0, 0.1) is 84.0 Å². The molecule has 4 rings (SSSR count). The zero-order valence-corrected chi connectivity index (χ0v) is 39.9. The zero-order valence-electron chi connectivity index (χ0n) is 31.2. The fraction of sp³-hybridized carbons (Fsp3) is 0.738. The van der Waals surface area contributed by atoms with Gasteiger partial charge in [0.1, 0.15) is 5.75 Å². The average molecular weight is 1280 g/mol. The van der Waals surface area contributed by atoms with E-state index in [2.05, 4.69) is 58.4 Å². The van der Waals surface area contributed by atoms with E-state index in [-0.39, 0.29) is 127 Å². The van der Waals surface area contributed by atoms with Gasteiger partial charge in [-0.2, -0.15) is 45.9 Å². The van der Waals surface area contributed by atoms with Crippen LogP contribution in [0.4, 0.5) is 39.5 Å². The van der Waals surface area contributed by atoms with Crippen LogP contribution in [0.15, 0.2) is 18.2 Å². The van der Waals surface area contributed by atoms with Crippen LogP contribution in [0.25, 0.3) is 0 Å². The monoisotopic (exact) mass is 1280 g/mol. The summed E-state index contributed by atoms with van der Waals surface area (Å²) in [5.41, 5.74) is -3.89. The average Bonchev–Trinajstić information content (AvgIpc) is 3.31. The smallest absolute Gasteiger partial charge is 0.525 e. The van der Waals surface area contributed by atoms with E-state index in [1.807, 2.05) is 27.7 Å². The minimum absolute atomic E-state index is 0. The molecule has 0 spiro atoms. The van der Waals surface area contributed by atoms with Crippen LogP contribution >= 0.6 is 21.6 Å². The summed E-state index contributed by atoms with van der Waals surface area (Å²) in [5, 5.41) is 0. The molecule has 3 aliphatic rings. The van der Waals surface area contributed by atoms with Crippen LogP contribution in [-0.4, -0.2) is 60.6 Å². The van der Waals surface area contributed by atoms with Gasteiger partial charge in [0.2, 0.25) is 0 Å². The molecular weight excluding hydrogens is 1210 g/mol. The third kappa shape index (κ3) is 17.7. The second-order valence-electron chi connectivity index (χ2n) is 13.9. The van der Waals surface area contributed by atoms with Gasteiger partial charge in [0.15, 0.2) is 0 Å². The molecule has 0 aliphatic heterocycles. The first-order valence-corrected chi connectivity index (χ1v) is 18.9. The summed E-state index contributed by atoms with van der Waals surface area (Å²) in [6.45, 7) is 16.5. The zero-order chi connectivity index (χ0) is 36.9. The standard InChI is InChI=1S/C27H32F9O3.C8H16S2.5CH4.2CH3.U.W/c1-3-37-17-6-8-18-16(15-17)5-7-20-19(18)11-12-23(2)21(20)9-10-22(23)38-13-4-14-39-24(25(28,29)30,26(31,32)33)27(34,35)36;1-5-6-7-9-10-8(2,3)4;;;;;;;;;/h6,8,15,19-22H,1,3-5,7,9-14H2,2H3;1-2,5-7H2,3-4H3;5*1H4;2*1H3;;/q-1;-2;;;;;;2*-1;+2;. The molecule has 5 atom stereocenters. The molecule has 2 saturated carbocycles. The first kappa shape index (κ1) is 73.2. The maximum absolute atomic E-state index is 13.0. The van der Waals surface area contributed by atoms with Gasteiger partial charge in [-0.05, 0) is 98.0 Å². The van der Waals surface area contributed by atoms with E-state index < -0.39 is 37.2 Å². The predicted octanol–water partition coefficient (Wildman–Crippen LogP) is 15.6. The number of rotatable bonds is 13. The van der Waals surface area contributed by atoms with Gasteiger partial charge in [-0.1, -0.05) is 81.2 Å². The maximum Gasteiger partial charge on any atom is 2.00 e. The Morgan fingerprint density at radius 2 is 1.36 bits per heavy atom. The third-order valence-electron chi connectivity index (χ3n) is 9.77. The molecular formula is C42H74F9O3S2UW-3. The van der Waals surface area contributed by atoms with Crippen molar-refractivity contribution in [3.05, 3.63) is 65.0 Å². The van der Waals surface area contributed by atoms with E-state index >= 15 is 0 Å². The van der Waals surface area contributed by atoms with Crippen molar-refractivity contribution in [3.8, 4) is 5.75 Å². The number of hydrogen-bond donors (Lipinski definition) is 0. The number of halogens is 9.